The average Bonchev–Trinajstić information content (AvgIpc) is 3.39. The predicted octanol–water partition coefficient (Wildman–Crippen LogP) is 5.89. The molecule has 4 rings (SSSR count). The number of methoxy groups -OCH3 is 2. The van der Waals surface area contributed by atoms with E-state index in [1.54, 1.807) is 40.9 Å². The highest BCUT2D eigenvalue weighted by atomic mass is 16.6. The van der Waals surface area contributed by atoms with Crippen LogP contribution in [0.4, 0.5) is 0 Å². The van der Waals surface area contributed by atoms with Crippen LogP contribution in [0.5, 0.6) is 0 Å². The Labute approximate surface area is 450 Å². The zero-order valence-electron chi connectivity index (χ0n) is 46.9. The Morgan fingerprint density at radius 3 is 2.18 bits per heavy atom. The summed E-state index contributed by atoms with van der Waals surface area (Å²) >= 11 is 0. The highest BCUT2D eigenvalue weighted by Gasteiger charge is 2.53. The number of aliphatic hydroxyl groups excluding tert-OH is 3. The molecule has 3 fully saturated rings. The van der Waals surface area contributed by atoms with Gasteiger partial charge in [-0.25, -0.2) is 4.79 Å². The number of esters is 3. The molecule has 0 unspecified atom stereocenters. The van der Waals surface area contributed by atoms with Gasteiger partial charge in [-0.1, -0.05) is 71.1 Å². The van der Waals surface area contributed by atoms with E-state index in [-0.39, 0.29) is 49.2 Å². The van der Waals surface area contributed by atoms with Crippen molar-refractivity contribution in [1.29, 1.82) is 0 Å². The van der Waals surface area contributed by atoms with Crippen LogP contribution >= 0.6 is 0 Å². The maximum atomic E-state index is 14.6. The average molecular weight is 1070 g/mol. The molecule has 4 aliphatic rings. The van der Waals surface area contributed by atoms with Crippen molar-refractivity contribution in [2.24, 2.45) is 46.8 Å². The predicted molar refractivity (Wildman–Crippen MR) is 281 cm³/mol. The first kappa shape index (κ1) is 64.1. The number of hydrogen-bond donors (Lipinski definition) is 4. The van der Waals surface area contributed by atoms with Crippen molar-refractivity contribution in [2.45, 2.75) is 188 Å². The molecule has 4 N–H and O–H groups in total. The molecule has 18 nitrogen and oxygen atoms in total. The van der Waals surface area contributed by atoms with Crippen molar-refractivity contribution in [3.63, 3.8) is 0 Å². The van der Waals surface area contributed by atoms with Gasteiger partial charge < -0.3 is 53.7 Å². The van der Waals surface area contributed by atoms with Crippen molar-refractivity contribution in [3.8, 4) is 0 Å². The van der Waals surface area contributed by atoms with Crippen LogP contribution in [0.15, 0.2) is 47.6 Å². The Hall–Kier alpha value is -4.43. The minimum atomic E-state index is -2.49. The third-order valence-electron chi connectivity index (χ3n) is 16.3. The standard InChI is InChI=1S/C58H89NO17/c1-34-17-13-12-14-18-35(2)48(71-10)29-43-22-20-40(7)58(70,76-43)53(66)54(67)59-24-16-15-19-45(59)55(68)74-49(37(4)27-42-21-23-47(50(28-42)72-11)75-56(69)57(9,32-61)33-62)30-46(64)36(3)26-39(6)52(73-41(8)63)44(31-60)51(65)38(5)25-34/h12-14,17-18,26,34,36-38,40,42-45,47-50,52,60-62,70H,15-16,19-25,27-33H2,1-11H3/b14-12?,17-13+,35-18?,39-26+/t34-,36-,37-,38-,40-,42+,43+,44+,45+,47-,48+,49+,50-,52-,58-/m1/s1. The second kappa shape index (κ2) is 29.5. The quantitative estimate of drug-likeness (QED) is 0.0814. The lowest BCUT2D eigenvalue weighted by atomic mass is 9.78. The summed E-state index contributed by atoms with van der Waals surface area (Å²) in [6.45, 7) is 13.1. The largest absolute Gasteiger partial charge is 0.460 e. The van der Waals surface area contributed by atoms with Gasteiger partial charge in [-0.3, -0.25) is 28.8 Å². The molecule has 3 heterocycles. The number of carbonyl (C=O) groups is 7. The van der Waals surface area contributed by atoms with Gasteiger partial charge in [0, 0.05) is 58.3 Å². The summed E-state index contributed by atoms with van der Waals surface area (Å²) in [6.07, 6.45) is 10.6. The van der Waals surface area contributed by atoms with Crippen LogP contribution in [0.3, 0.4) is 0 Å². The van der Waals surface area contributed by atoms with Crippen LogP contribution in [0.25, 0.3) is 0 Å². The Morgan fingerprint density at radius 1 is 0.855 bits per heavy atom. The van der Waals surface area contributed by atoms with E-state index < -0.39 is 133 Å². The van der Waals surface area contributed by atoms with Crippen LogP contribution in [0.2, 0.25) is 0 Å². The molecule has 76 heavy (non-hydrogen) atoms. The van der Waals surface area contributed by atoms with Gasteiger partial charge in [-0.2, -0.15) is 0 Å². The van der Waals surface area contributed by atoms with Crippen LogP contribution < -0.4 is 0 Å². The Morgan fingerprint density at radius 2 is 1.55 bits per heavy atom. The van der Waals surface area contributed by atoms with E-state index >= 15 is 0 Å². The lowest BCUT2D eigenvalue weighted by Crippen LogP contribution is -2.61. The second-order valence-corrected chi connectivity index (χ2v) is 22.6. The number of carbonyl (C=O) groups excluding carboxylic acids is 7. The van der Waals surface area contributed by atoms with Gasteiger partial charge in [0.05, 0.1) is 44.1 Å². The van der Waals surface area contributed by atoms with E-state index in [1.807, 2.05) is 51.2 Å². The number of rotatable bonds is 11. The molecule has 2 saturated heterocycles. The number of ketones is 3. The fraction of sp³-hybridized carbons (Fsp3) is 0.741. The summed E-state index contributed by atoms with van der Waals surface area (Å²) in [5.41, 5.74) is -0.297. The number of aliphatic hydroxyl groups is 4. The second-order valence-electron chi connectivity index (χ2n) is 22.6. The number of hydrogen-bond acceptors (Lipinski definition) is 17. The molecule has 1 amide bonds. The molecule has 18 heteroatoms. The molecule has 0 aromatic rings. The van der Waals surface area contributed by atoms with Crippen LogP contribution in [0, 0.1) is 46.8 Å². The summed E-state index contributed by atoms with van der Waals surface area (Å²) in [7, 11) is 3.05. The van der Waals surface area contributed by atoms with Gasteiger partial charge in [0.2, 0.25) is 5.79 Å². The number of piperidine rings is 1. The maximum Gasteiger partial charge on any atom is 0.329 e. The normalized spacial score (nSPS) is 35.2. The van der Waals surface area contributed by atoms with Crippen molar-refractivity contribution in [3.05, 3.63) is 47.6 Å². The molecule has 1 aliphatic carbocycles. The van der Waals surface area contributed by atoms with Gasteiger partial charge in [-0.05, 0) is 114 Å². The van der Waals surface area contributed by atoms with E-state index in [4.69, 9.17) is 28.4 Å². The zero-order chi connectivity index (χ0) is 56.7. The summed E-state index contributed by atoms with van der Waals surface area (Å²) < 4.78 is 35.6. The fourth-order valence-corrected chi connectivity index (χ4v) is 11.1. The smallest absolute Gasteiger partial charge is 0.329 e. The SMILES string of the molecule is CO[C@H]1C[C@@H]2CC[C@@H](C)[C@@](O)(O2)C(=O)C(=O)N2CCCC[C@H]2C(=O)O[C@H]([C@H](C)C[C@@H]2CC[C@@H](OC(=O)C(C)(CO)CO)[C@H](OC)C2)CC(=O)[C@H](C)/C=C(\C)[C@@H](OC(C)=O)[C@@H](CO)C(=O)[C@H](C)C[C@H](C)/C=C/C=CC=C1C. The molecule has 2 bridgehead atoms. The molecule has 15 atom stereocenters. The zero-order valence-corrected chi connectivity index (χ0v) is 46.9. The molecule has 0 aromatic heterocycles. The number of Topliss-reactive ketones (excluding diaryl/α,β-unsaturated/α-hetero) is 3. The summed E-state index contributed by atoms with van der Waals surface area (Å²) in [5.74, 6) is -11.6. The Bertz CT molecular complexity index is 2130. The number of ether oxygens (including phenoxy) is 6. The summed E-state index contributed by atoms with van der Waals surface area (Å²) in [6, 6.07) is -1.23. The van der Waals surface area contributed by atoms with E-state index in [9.17, 15) is 54.0 Å². The molecule has 0 spiro atoms. The van der Waals surface area contributed by atoms with Gasteiger partial charge in [-0.15, -0.1) is 0 Å². The third-order valence-corrected chi connectivity index (χ3v) is 16.3. The van der Waals surface area contributed by atoms with Crippen LogP contribution in [0.1, 0.15) is 139 Å². The van der Waals surface area contributed by atoms with Crippen LogP contribution in [-0.4, -0.2) is 156 Å². The van der Waals surface area contributed by atoms with Crippen molar-refractivity contribution in [1.82, 2.24) is 4.90 Å². The number of amides is 1. The minimum absolute atomic E-state index is 0.0252. The first-order chi connectivity index (χ1) is 35.9. The molecular weight excluding hydrogens is 983 g/mol. The van der Waals surface area contributed by atoms with Crippen molar-refractivity contribution >= 4 is 41.2 Å². The number of fused-ring (bicyclic) bond motifs is 3. The monoisotopic (exact) mass is 1070 g/mol. The van der Waals surface area contributed by atoms with Gasteiger partial charge in [0.1, 0.15) is 41.3 Å². The molecular formula is C58H89NO17. The first-order valence-corrected chi connectivity index (χ1v) is 27.4. The van der Waals surface area contributed by atoms with E-state index in [0.29, 0.717) is 63.4 Å². The Kier molecular flexibility index (Phi) is 24.9. The van der Waals surface area contributed by atoms with Gasteiger partial charge in [0.15, 0.2) is 0 Å². The maximum absolute atomic E-state index is 14.6. The van der Waals surface area contributed by atoms with Gasteiger partial charge in [0.25, 0.3) is 11.7 Å². The van der Waals surface area contributed by atoms with E-state index in [2.05, 4.69) is 0 Å². The summed E-state index contributed by atoms with van der Waals surface area (Å²) in [4.78, 5) is 98.6. The summed E-state index contributed by atoms with van der Waals surface area (Å²) in [5, 5.41) is 42.3. The number of allylic oxidation sites excluding steroid dienone is 6. The fourth-order valence-electron chi connectivity index (χ4n) is 11.1. The molecule has 0 radical (unpaired) electrons. The molecule has 3 aliphatic heterocycles. The highest BCUT2D eigenvalue weighted by Crippen LogP contribution is 2.39. The minimum Gasteiger partial charge on any atom is -0.460 e. The van der Waals surface area contributed by atoms with Crippen LogP contribution in [-0.2, 0) is 62.0 Å². The topological polar surface area (TPSA) is 259 Å². The molecule has 428 valence electrons. The lowest BCUT2D eigenvalue weighted by molar-refractivity contribution is -0.265. The first-order valence-electron chi connectivity index (χ1n) is 27.4. The van der Waals surface area contributed by atoms with Crippen molar-refractivity contribution < 1.29 is 82.4 Å². The van der Waals surface area contributed by atoms with E-state index in [1.165, 1.54) is 21.0 Å². The Balaban J connectivity index is 1.74. The van der Waals surface area contributed by atoms with E-state index in [0.717, 1.165) is 10.5 Å². The number of nitrogens with zero attached hydrogens (tertiary/aromatic N) is 1. The van der Waals surface area contributed by atoms with Gasteiger partial charge >= 0.3 is 17.9 Å². The lowest BCUT2D eigenvalue weighted by Gasteiger charge is -2.42. The third kappa shape index (κ3) is 16.8. The van der Waals surface area contributed by atoms with Crippen molar-refractivity contribution in [2.75, 3.05) is 40.6 Å². The molecule has 1 saturated carbocycles. The molecule has 0 aromatic carbocycles. The highest BCUT2D eigenvalue weighted by molar-refractivity contribution is 6.39. The number of cyclic esters (lactones) is 1.